The summed E-state index contributed by atoms with van der Waals surface area (Å²) in [5.74, 6) is -0.774. The monoisotopic (exact) mass is 229 g/mol. The average molecular weight is 229 g/mol. The van der Waals surface area contributed by atoms with E-state index in [9.17, 15) is 4.79 Å². The summed E-state index contributed by atoms with van der Waals surface area (Å²) >= 11 is 0. The molecule has 1 heterocycles. The number of fused-ring (bicyclic) bond motifs is 1. The fourth-order valence-corrected chi connectivity index (χ4v) is 1.90. The SMILES string of the molecule is CC(C)(Cc1cccc2cnccc12)C(=O)O. The van der Waals surface area contributed by atoms with Gasteiger partial charge in [0, 0.05) is 17.8 Å². The normalized spacial score (nSPS) is 11.6. The van der Waals surface area contributed by atoms with Gasteiger partial charge in [-0.15, -0.1) is 0 Å². The van der Waals surface area contributed by atoms with Crippen molar-refractivity contribution in [2.24, 2.45) is 5.41 Å². The van der Waals surface area contributed by atoms with Crippen molar-refractivity contribution in [2.45, 2.75) is 20.3 Å². The molecule has 0 fully saturated rings. The molecule has 17 heavy (non-hydrogen) atoms. The molecule has 0 saturated carbocycles. The second-order valence-corrected chi connectivity index (χ2v) is 4.88. The van der Waals surface area contributed by atoms with Gasteiger partial charge in [0.2, 0.25) is 0 Å². The van der Waals surface area contributed by atoms with E-state index in [0.717, 1.165) is 16.3 Å². The van der Waals surface area contributed by atoms with Gasteiger partial charge < -0.3 is 5.11 Å². The van der Waals surface area contributed by atoms with Gasteiger partial charge in [-0.1, -0.05) is 18.2 Å². The maximum atomic E-state index is 11.1. The van der Waals surface area contributed by atoms with Crippen molar-refractivity contribution in [3.63, 3.8) is 0 Å². The summed E-state index contributed by atoms with van der Waals surface area (Å²) < 4.78 is 0. The maximum absolute atomic E-state index is 11.1. The number of aliphatic carboxylic acids is 1. The molecule has 0 saturated heterocycles. The van der Waals surface area contributed by atoms with Crippen molar-refractivity contribution in [2.75, 3.05) is 0 Å². The van der Waals surface area contributed by atoms with E-state index in [4.69, 9.17) is 5.11 Å². The topological polar surface area (TPSA) is 50.2 Å². The highest BCUT2D eigenvalue weighted by atomic mass is 16.4. The Bertz CT molecular complexity index is 556. The quantitative estimate of drug-likeness (QED) is 0.880. The van der Waals surface area contributed by atoms with Crippen molar-refractivity contribution < 1.29 is 9.90 Å². The zero-order chi connectivity index (χ0) is 12.5. The summed E-state index contributed by atoms with van der Waals surface area (Å²) in [5, 5.41) is 11.3. The number of hydrogen-bond acceptors (Lipinski definition) is 2. The van der Waals surface area contributed by atoms with Gasteiger partial charge >= 0.3 is 5.97 Å². The summed E-state index contributed by atoms with van der Waals surface area (Å²) in [5.41, 5.74) is 0.301. The highest BCUT2D eigenvalue weighted by Gasteiger charge is 2.27. The summed E-state index contributed by atoms with van der Waals surface area (Å²) in [6, 6.07) is 7.84. The molecule has 0 unspecified atom stereocenters. The Kier molecular flexibility index (Phi) is 2.84. The van der Waals surface area contributed by atoms with Crippen LogP contribution in [0.1, 0.15) is 19.4 Å². The standard InChI is InChI=1S/C14H15NO2/c1-14(2,13(16)17)8-10-4-3-5-11-9-15-7-6-12(10)11/h3-7,9H,8H2,1-2H3,(H,16,17). The molecule has 0 spiro atoms. The van der Waals surface area contributed by atoms with E-state index in [1.807, 2.05) is 24.3 Å². The van der Waals surface area contributed by atoms with Gasteiger partial charge in [0.1, 0.15) is 0 Å². The molecule has 1 N–H and O–H groups in total. The van der Waals surface area contributed by atoms with Crippen LogP contribution in [0, 0.1) is 5.41 Å². The fourth-order valence-electron chi connectivity index (χ4n) is 1.90. The Morgan fingerprint density at radius 3 is 2.82 bits per heavy atom. The molecular formula is C14H15NO2. The lowest BCUT2D eigenvalue weighted by molar-refractivity contribution is -0.146. The molecule has 2 aromatic rings. The lowest BCUT2D eigenvalue weighted by atomic mass is 9.84. The highest BCUT2D eigenvalue weighted by molar-refractivity contribution is 5.85. The van der Waals surface area contributed by atoms with Gasteiger partial charge in [-0.05, 0) is 37.3 Å². The lowest BCUT2D eigenvalue weighted by Gasteiger charge is -2.19. The summed E-state index contributed by atoms with van der Waals surface area (Å²) in [6.45, 7) is 3.49. The predicted octanol–water partition coefficient (Wildman–Crippen LogP) is 2.89. The van der Waals surface area contributed by atoms with Crippen LogP contribution in [0.4, 0.5) is 0 Å². The Hall–Kier alpha value is -1.90. The molecule has 1 aromatic heterocycles. The smallest absolute Gasteiger partial charge is 0.309 e. The molecule has 0 radical (unpaired) electrons. The number of carbonyl (C=O) groups is 1. The Balaban J connectivity index is 2.46. The Morgan fingerprint density at radius 2 is 2.12 bits per heavy atom. The Labute approximate surface area is 100 Å². The number of carboxylic acid groups (broad SMARTS) is 1. The van der Waals surface area contributed by atoms with Crippen molar-refractivity contribution in [1.29, 1.82) is 0 Å². The highest BCUT2D eigenvalue weighted by Crippen LogP contribution is 2.26. The summed E-state index contributed by atoms with van der Waals surface area (Å²) in [7, 11) is 0. The molecule has 0 amide bonds. The second kappa shape index (κ2) is 4.17. The van der Waals surface area contributed by atoms with Crippen LogP contribution in [0.3, 0.4) is 0 Å². The van der Waals surface area contributed by atoms with Crippen LogP contribution in [0.5, 0.6) is 0 Å². The Morgan fingerprint density at radius 1 is 1.35 bits per heavy atom. The minimum Gasteiger partial charge on any atom is -0.481 e. The molecule has 0 aliphatic rings. The molecule has 0 aliphatic carbocycles. The largest absolute Gasteiger partial charge is 0.481 e. The number of rotatable bonds is 3. The van der Waals surface area contributed by atoms with E-state index < -0.39 is 11.4 Å². The third-order valence-electron chi connectivity index (χ3n) is 2.98. The number of nitrogens with zero attached hydrogens (tertiary/aromatic N) is 1. The van der Waals surface area contributed by atoms with Crippen molar-refractivity contribution >= 4 is 16.7 Å². The minimum atomic E-state index is -0.774. The molecule has 2 rings (SSSR count). The van der Waals surface area contributed by atoms with Gasteiger partial charge in [-0.25, -0.2) is 0 Å². The van der Waals surface area contributed by atoms with Gasteiger partial charge in [-0.3, -0.25) is 9.78 Å². The molecule has 3 nitrogen and oxygen atoms in total. The number of aromatic nitrogens is 1. The van der Waals surface area contributed by atoms with Crippen LogP contribution < -0.4 is 0 Å². The van der Waals surface area contributed by atoms with Crippen LogP contribution >= 0.6 is 0 Å². The van der Waals surface area contributed by atoms with Crippen molar-refractivity contribution in [3.8, 4) is 0 Å². The van der Waals surface area contributed by atoms with E-state index in [1.54, 1.807) is 26.2 Å². The van der Waals surface area contributed by atoms with Crippen molar-refractivity contribution in [3.05, 3.63) is 42.2 Å². The molecule has 1 aromatic carbocycles. The van der Waals surface area contributed by atoms with Crippen LogP contribution in [-0.2, 0) is 11.2 Å². The minimum absolute atomic E-state index is 0.518. The first-order chi connectivity index (χ1) is 8.00. The molecule has 88 valence electrons. The van der Waals surface area contributed by atoms with Crippen LogP contribution in [0.15, 0.2) is 36.7 Å². The van der Waals surface area contributed by atoms with Gasteiger partial charge in [0.25, 0.3) is 0 Å². The first-order valence-electron chi connectivity index (χ1n) is 5.56. The van der Waals surface area contributed by atoms with E-state index in [1.165, 1.54) is 0 Å². The predicted molar refractivity (Wildman–Crippen MR) is 66.9 cm³/mol. The molecule has 0 aliphatic heterocycles. The van der Waals surface area contributed by atoms with Crippen LogP contribution in [-0.4, -0.2) is 16.1 Å². The molecular weight excluding hydrogens is 214 g/mol. The first kappa shape index (κ1) is 11.6. The summed E-state index contributed by atoms with van der Waals surface area (Å²) in [6.07, 6.45) is 4.05. The van der Waals surface area contributed by atoms with E-state index in [-0.39, 0.29) is 0 Å². The van der Waals surface area contributed by atoms with E-state index >= 15 is 0 Å². The average Bonchev–Trinajstić information content (AvgIpc) is 2.29. The van der Waals surface area contributed by atoms with Gasteiger partial charge in [-0.2, -0.15) is 0 Å². The van der Waals surface area contributed by atoms with E-state index in [0.29, 0.717) is 6.42 Å². The third-order valence-corrected chi connectivity index (χ3v) is 2.98. The van der Waals surface area contributed by atoms with Gasteiger partial charge in [0.05, 0.1) is 5.41 Å². The molecule has 0 bridgehead atoms. The van der Waals surface area contributed by atoms with Crippen LogP contribution in [0.25, 0.3) is 10.8 Å². The van der Waals surface area contributed by atoms with Crippen molar-refractivity contribution in [1.82, 2.24) is 4.98 Å². The zero-order valence-electron chi connectivity index (χ0n) is 9.97. The van der Waals surface area contributed by atoms with E-state index in [2.05, 4.69) is 4.98 Å². The number of pyridine rings is 1. The molecule has 3 heteroatoms. The lowest BCUT2D eigenvalue weighted by Crippen LogP contribution is -2.26. The second-order valence-electron chi connectivity index (χ2n) is 4.88. The fraction of sp³-hybridized carbons (Fsp3) is 0.286. The summed E-state index contributed by atoms with van der Waals surface area (Å²) in [4.78, 5) is 15.2. The van der Waals surface area contributed by atoms with Crippen LogP contribution in [0.2, 0.25) is 0 Å². The van der Waals surface area contributed by atoms with Gasteiger partial charge in [0.15, 0.2) is 0 Å². The maximum Gasteiger partial charge on any atom is 0.309 e. The number of hydrogen-bond donors (Lipinski definition) is 1. The first-order valence-corrected chi connectivity index (χ1v) is 5.56. The molecule has 0 atom stereocenters. The zero-order valence-corrected chi connectivity index (χ0v) is 9.97. The number of benzene rings is 1. The third kappa shape index (κ3) is 2.28. The number of carboxylic acids is 1.